The van der Waals surface area contributed by atoms with Crippen molar-refractivity contribution in [3.05, 3.63) is 0 Å². The van der Waals surface area contributed by atoms with Crippen LogP contribution >= 0.6 is 0 Å². The van der Waals surface area contributed by atoms with Crippen LogP contribution in [-0.4, -0.2) is 24.4 Å². The van der Waals surface area contributed by atoms with Crippen LogP contribution in [0.3, 0.4) is 0 Å². The van der Waals surface area contributed by atoms with Crippen molar-refractivity contribution < 1.29 is 9.84 Å². The van der Waals surface area contributed by atoms with E-state index in [1.54, 1.807) is 7.11 Å². The molecule has 16 heavy (non-hydrogen) atoms. The fourth-order valence-corrected chi connectivity index (χ4v) is 3.45. The summed E-state index contributed by atoms with van der Waals surface area (Å²) in [6.45, 7) is 2.83. The lowest BCUT2D eigenvalue weighted by atomic mass is 9.71. The average molecular weight is 226 g/mol. The molecule has 2 rings (SSSR count). The van der Waals surface area contributed by atoms with Crippen molar-refractivity contribution in [1.82, 2.24) is 0 Å². The first-order valence-corrected chi connectivity index (χ1v) is 6.92. The number of aliphatic hydroxyl groups is 1. The van der Waals surface area contributed by atoms with Gasteiger partial charge >= 0.3 is 0 Å². The second-order valence-electron chi connectivity index (χ2n) is 5.82. The first-order valence-electron chi connectivity index (χ1n) is 6.92. The number of hydrogen-bond acceptors (Lipinski definition) is 2. The second kappa shape index (κ2) is 5.05. The van der Waals surface area contributed by atoms with Gasteiger partial charge < -0.3 is 9.84 Å². The highest BCUT2D eigenvalue weighted by atomic mass is 16.5. The van der Waals surface area contributed by atoms with E-state index in [4.69, 9.17) is 4.74 Å². The highest BCUT2D eigenvalue weighted by Crippen LogP contribution is 2.48. The van der Waals surface area contributed by atoms with E-state index in [1.165, 1.54) is 44.9 Å². The molecule has 1 unspecified atom stereocenters. The van der Waals surface area contributed by atoms with Gasteiger partial charge in [-0.1, -0.05) is 26.2 Å². The molecule has 2 aliphatic rings. The maximum atomic E-state index is 10.8. The Bertz CT molecular complexity index is 217. The van der Waals surface area contributed by atoms with Gasteiger partial charge in [0.05, 0.1) is 12.2 Å². The normalized spacial score (nSPS) is 34.7. The zero-order valence-corrected chi connectivity index (χ0v) is 10.7. The van der Waals surface area contributed by atoms with E-state index in [0.29, 0.717) is 18.4 Å². The number of rotatable bonds is 5. The van der Waals surface area contributed by atoms with Crippen LogP contribution in [0.25, 0.3) is 0 Å². The molecule has 0 heterocycles. The molecule has 94 valence electrons. The molecule has 0 radical (unpaired) electrons. The fraction of sp³-hybridized carbons (Fsp3) is 1.00. The Morgan fingerprint density at radius 3 is 1.94 bits per heavy atom. The van der Waals surface area contributed by atoms with E-state index in [2.05, 4.69) is 6.92 Å². The summed E-state index contributed by atoms with van der Waals surface area (Å²) in [7, 11) is 1.71. The van der Waals surface area contributed by atoms with Crippen molar-refractivity contribution in [2.45, 2.75) is 57.5 Å². The van der Waals surface area contributed by atoms with Crippen molar-refractivity contribution in [2.24, 2.45) is 17.8 Å². The quantitative estimate of drug-likeness (QED) is 0.781. The van der Waals surface area contributed by atoms with E-state index in [-0.39, 0.29) is 0 Å². The Kier molecular flexibility index (Phi) is 3.91. The Morgan fingerprint density at radius 1 is 1.06 bits per heavy atom. The first kappa shape index (κ1) is 12.4. The third-order valence-corrected chi connectivity index (χ3v) is 4.79. The summed E-state index contributed by atoms with van der Waals surface area (Å²) in [6, 6.07) is 0. The van der Waals surface area contributed by atoms with Gasteiger partial charge in [0.25, 0.3) is 0 Å². The molecule has 1 N–H and O–H groups in total. The topological polar surface area (TPSA) is 29.5 Å². The molecule has 0 aromatic heterocycles. The van der Waals surface area contributed by atoms with E-state index >= 15 is 0 Å². The molecule has 2 saturated carbocycles. The van der Waals surface area contributed by atoms with Crippen molar-refractivity contribution in [3.63, 3.8) is 0 Å². The molecule has 0 amide bonds. The van der Waals surface area contributed by atoms with Gasteiger partial charge in [0, 0.05) is 7.11 Å². The molecule has 0 bridgehead atoms. The molecule has 0 aliphatic heterocycles. The largest absolute Gasteiger partial charge is 0.387 e. The number of methoxy groups -OCH3 is 1. The summed E-state index contributed by atoms with van der Waals surface area (Å²) >= 11 is 0. The summed E-state index contributed by atoms with van der Waals surface area (Å²) in [5.41, 5.74) is -0.506. The lowest BCUT2D eigenvalue weighted by Gasteiger charge is -2.40. The van der Waals surface area contributed by atoms with Crippen LogP contribution in [0.5, 0.6) is 0 Å². The third-order valence-electron chi connectivity index (χ3n) is 4.79. The van der Waals surface area contributed by atoms with Gasteiger partial charge in [-0.3, -0.25) is 0 Å². The number of ether oxygens (including phenoxy) is 1. The van der Waals surface area contributed by atoms with E-state index < -0.39 is 5.60 Å². The molecular weight excluding hydrogens is 200 g/mol. The van der Waals surface area contributed by atoms with Crippen molar-refractivity contribution in [3.8, 4) is 0 Å². The molecule has 0 aromatic carbocycles. The Hall–Kier alpha value is -0.0800. The lowest BCUT2D eigenvalue weighted by molar-refractivity contribution is -0.102. The Labute approximate surface area is 99.4 Å². The Morgan fingerprint density at radius 2 is 1.56 bits per heavy atom. The van der Waals surface area contributed by atoms with Gasteiger partial charge in [-0.05, 0) is 43.4 Å². The predicted molar refractivity (Wildman–Crippen MR) is 65.3 cm³/mol. The predicted octanol–water partition coefficient (Wildman–Crippen LogP) is 2.99. The molecule has 1 atom stereocenters. The zero-order chi connectivity index (χ0) is 11.6. The fourth-order valence-electron chi connectivity index (χ4n) is 3.45. The second-order valence-corrected chi connectivity index (χ2v) is 5.82. The zero-order valence-electron chi connectivity index (χ0n) is 10.7. The minimum absolute atomic E-state index is 0.489. The van der Waals surface area contributed by atoms with Crippen LogP contribution < -0.4 is 0 Å². The maximum absolute atomic E-state index is 10.8. The molecule has 2 aliphatic carbocycles. The molecule has 2 fully saturated rings. The van der Waals surface area contributed by atoms with E-state index in [9.17, 15) is 5.11 Å². The van der Waals surface area contributed by atoms with Crippen molar-refractivity contribution >= 4 is 0 Å². The highest BCUT2D eigenvalue weighted by molar-refractivity contribution is 5.00. The lowest BCUT2D eigenvalue weighted by Crippen LogP contribution is -2.46. The minimum atomic E-state index is -0.506. The van der Waals surface area contributed by atoms with Crippen molar-refractivity contribution in [1.29, 1.82) is 0 Å². The summed E-state index contributed by atoms with van der Waals surface area (Å²) < 4.78 is 5.26. The standard InChI is InChI=1S/C14H26O2/c1-3-11-4-6-12(7-5-11)14(15,10-16-2)13-8-9-13/h11-13,15H,3-10H2,1-2H3. The van der Waals surface area contributed by atoms with Crippen molar-refractivity contribution in [2.75, 3.05) is 13.7 Å². The number of hydrogen-bond donors (Lipinski definition) is 1. The first-order chi connectivity index (χ1) is 7.70. The molecule has 2 nitrogen and oxygen atoms in total. The van der Waals surface area contributed by atoms with Gasteiger partial charge in [0.1, 0.15) is 0 Å². The summed E-state index contributed by atoms with van der Waals surface area (Å²) in [6.07, 6.45) is 8.73. The van der Waals surface area contributed by atoms with Crippen LogP contribution in [-0.2, 0) is 4.74 Å². The molecule has 2 heteroatoms. The van der Waals surface area contributed by atoms with Crippen LogP contribution in [0.4, 0.5) is 0 Å². The highest BCUT2D eigenvalue weighted by Gasteiger charge is 2.49. The van der Waals surface area contributed by atoms with Gasteiger partial charge in [-0.25, -0.2) is 0 Å². The van der Waals surface area contributed by atoms with Crippen LogP contribution in [0.2, 0.25) is 0 Å². The van der Waals surface area contributed by atoms with Gasteiger partial charge in [0.15, 0.2) is 0 Å². The summed E-state index contributed by atoms with van der Waals surface area (Å²) in [5.74, 6) is 1.92. The van der Waals surface area contributed by atoms with Crippen LogP contribution in [0.1, 0.15) is 51.9 Å². The molecule has 0 aromatic rings. The average Bonchev–Trinajstić information content (AvgIpc) is 3.13. The van der Waals surface area contributed by atoms with Crippen LogP contribution in [0, 0.1) is 17.8 Å². The monoisotopic (exact) mass is 226 g/mol. The third kappa shape index (κ3) is 2.43. The maximum Gasteiger partial charge on any atom is 0.0935 e. The van der Waals surface area contributed by atoms with E-state index in [0.717, 1.165) is 5.92 Å². The molecule has 0 saturated heterocycles. The van der Waals surface area contributed by atoms with Gasteiger partial charge in [-0.15, -0.1) is 0 Å². The van der Waals surface area contributed by atoms with E-state index in [1.807, 2.05) is 0 Å². The Balaban J connectivity index is 1.94. The summed E-state index contributed by atoms with van der Waals surface area (Å²) in [5, 5.41) is 10.8. The summed E-state index contributed by atoms with van der Waals surface area (Å²) in [4.78, 5) is 0. The molecular formula is C14H26O2. The van der Waals surface area contributed by atoms with Crippen LogP contribution in [0.15, 0.2) is 0 Å². The smallest absolute Gasteiger partial charge is 0.0935 e. The minimum Gasteiger partial charge on any atom is -0.387 e. The molecule has 0 spiro atoms. The van der Waals surface area contributed by atoms with Gasteiger partial charge in [-0.2, -0.15) is 0 Å². The SMILES string of the molecule is CCC1CCC(C(O)(COC)C2CC2)CC1. The van der Waals surface area contributed by atoms with Gasteiger partial charge in [0.2, 0.25) is 0 Å².